The van der Waals surface area contributed by atoms with Crippen LogP contribution in [0.15, 0.2) is 35.2 Å². The number of hydrogen-bond acceptors (Lipinski definition) is 3. The van der Waals surface area contributed by atoms with Crippen LogP contribution in [0.5, 0.6) is 0 Å². The van der Waals surface area contributed by atoms with E-state index in [-0.39, 0.29) is 0 Å². The minimum Gasteiger partial charge on any atom is -0.330 e. The number of nitrogens with zero attached hydrogens (tertiary/aromatic N) is 3. The maximum atomic E-state index is 5.55. The molecule has 0 aromatic carbocycles. The Labute approximate surface area is 96.3 Å². The largest absolute Gasteiger partial charge is 0.330 e. The molecule has 2 N–H and O–H groups in total. The Balaban J connectivity index is 2.42. The van der Waals surface area contributed by atoms with Gasteiger partial charge in [0.25, 0.3) is 0 Å². The Morgan fingerprint density at radius 2 is 2.33 bits per heavy atom. The third-order valence-electron chi connectivity index (χ3n) is 2.05. The average molecular weight is 267 g/mol. The maximum absolute atomic E-state index is 5.55. The SMILES string of the molecule is NCCc1cccnc1-n1cc(Br)cn1. The molecule has 0 unspecified atom stereocenters. The van der Waals surface area contributed by atoms with E-state index in [4.69, 9.17) is 5.73 Å². The molecule has 0 amide bonds. The normalized spacial score (nSPS) is 10.5. The molecular weight excluding hydrogens is 256 g/mol. The van der Waals surface area contributed by atoms with Gasteiger partial charge in [0.2, 0.25) is 0 Å². The van der Waals surface area contributed by atoms with Gasteiger partial charge < -0.3 is 5.73 Å². The van der Waals surface area contributed by atoms with E-state index in [1.54, 1.807) is 17.1 Å². The summed E-state index contributed by atoms with van der Waals surface area (Å²) in [5.41, 5.74) is 6.65. The lowest BCUT2D eigenvalue weighted by Gasteiger charge is -2.06. The lowest BCUT2D eigenvalue weighted by molar-refractivity contribution is 0.817. The summed E-state index contributed by atoms with van der Waals surface area (Å²) in [5.74, 6) is 0.841. The number of rotatable bonds is 3. The molecule has 78 valence electrons. The van der Waals surface area contributed by atoms with Crippen molar-refractivity contribution >= 4 is 15.9 Å². The zero-order chi connectivity index (χ0) is 10.7. The van der Waals surface area contributed by atoms with Gasteiger partial charge >= 0.3 is 0 Å². The van der Waals surface area contributed by atoms with Gasteiger partial charge in [0.1, 0.15) is 0 Å². The molecule has 2 aromatic heterocycles. The third kappa shape index (κ3) is 2.24. The maximum Gasteiger partial charge on any atom is 0.156 e. The Bertz CT molecular complexity index is 452. The molecule has 4 nitrogen and oxygen atoms in total. The summed E-state index contributed by atoms with van der Waals surface area (Å²) in [4.78, 5) is 4.30. The molecule has 0 radical (unpaired) electrons. The van der Waals surface area contributed by atoms with Gasteiger partial charge in [-0.25, -0.2) is 9.67 Å². The van der Waals surface area contributed by atoms with Crippen LogP contribution in [-0.4, -0.2) is 21.3 Å². The number of hydrogen-bond donors (Lipinski definition) is 1. The Kier molecular flexibility index (Phi) is 3.13. The van der Waals surface area contributed by atoms with Gasteiger partial charge in [-0.15, -0.1) is 0 Å². The van der Waals surface area contributed by atoms with Crippen molar-refractivity contribution in [3.8, 4) is 5.82 Å². The van der Waals surface area contributed by atoms with E-state index < -0.39 is 0 Å². The topological polar surface area (TPSA) is 56.7 Å². The van der Waals surface area contributed by atoms with Gasteiger partial charge in [-0.1, -0.05) is 6.07 Å². The van der Waals surface area contributed by atoms with Crippen LogP contribution in [0.1, 0.15) is 5.56 Å². The highest BCUT2D eigenvalue weighted by molar-refractivity contribution is 9.10. The molecule has 0 aliphatic rings. The standard InChI is InChI=1S/C10H11BrN4/c11-9-6-14-15(7-9)10-8(3-4-12)2-1-5-13-10/h1-2,5-7H,3-4,12H2. The molecule has 15 heavy (non-hydrogen) atoms. The van der Waals surface area contributed by atoms with Gasteiger partial charge in [-0.05, 0) is 40.5 Å². The van der Waals surface area contributed by atoms with Crippen LogP contribution < -0.4 is 5.73 Å². The van der Waals surface area contributed by atoms with E-state index in [1.807, 2.05) is 18.3 Å². The van der Waals surface area contributed by atoms with Gasteiger partial charge in [0, 0.05) is 12.4 Å². The van der Waals surface area contributed by atoms with E-state index in [2.05, 4.69) is 26.0 Å². The third-order valence-corrected chi connectivity index (χ3v) is 2.46. The van der Waals surface area contributed by atoms with Crippen LogP contribution in [-0.2, 0) is 6.42 Å². The highest BCUT2D eigenvalue weighted by atomic mass is 79.9. The molecule has 5 heteroatoms. The molecule has 0 fully saturated rings. The molecule has 0 saturated carbocycles. The summed E-state index contributed by atoms with van der Waals surface area (Å²) >= 11 is 3.36. The highest BCUT2D eigenvalue weighted by Crippen LogP contribution is 2.14. The lowest BCUT2D eigenvalue weighted by Crippen LogP contribution is -2.08. The molecule has 2 rings (SSSR count). The van der Waals surface area contributed by atoms with Crippen LogP contribution in [0, 0.1) is 0 Å². The molecule has 0 spiro atoms. The Morgan fingerprint density at radius 1 is 1.47 bits per heavy atom. The summed E-state index contributed by atoms with van der Waals surface area (Å²) in [6, 6.07) is 3.93. The van der Waals surface area contributed by atoms with Crippen LogP contribution in [0.3, 0.4) is 0 Å². The molecule has 2 aromatic rings. The zero-order valence-electron chi connectivity index (χ0n) is 8.10. The minimum absolute atomic E-state index is 0.612. The van der Waals surface area contributed by atoms with Crippen molar-refractivity contribution in [2.45, 2.75) is 6.42 Å². The smallest absolute Gasteiger partial charge is 0.156 e. The van der Waals surface area contributed by atoms with Crippen molar-refractivity contribution in [1.82, 2.24) is 14.8 Å². The number of aromatic nitrogens is 3. The van der Waals surface area contributed by atoms with Crippen LogP contribution in [0.4, 0.5) is 0 Å². The van der Waals surface area contributed by atoms with E-state index in [0.717, 1.165) is 22.3 Å². The fourth-order valence-corrected chi connectivity index (χ4v) is 1.69. The molecule has 0 aliphatic heterocycles. The summed E-state index contributed by atoms with van der Waals surface area (Å²) in [5, 5.41) is 4.20. The van der Waals surface area contributed by atoms with Gasteiger partial charge in [-0.2, -0.15) is 5.10 Å². The zero-order valence-corrected chi connectivity index (χ0v) is 9.68. The second-order valence-electron chi connectivity index (χ2n) is 3.13. The highest BCUT2D eigenvalue weighted by Gasteiger charge is 2.05. The Morgan fingerprint density at radius 3 is 3.00 bits per heavy atom. The number of pyridine rings is 1. The first-order chi connectivity index (χ1) is 7.31. The van der Waals surface area contributed by atoms with E-state index in [0.29, 0.717) is 6.54 Å². The Hall–Kier alpha value is -1.20. The predicted molar refractivity (Wildman–Crippen MR) is 61.8 cm³/mol. The van der Waals surface area contributed by atoms with E-state index in [9.17, 15) is 0 Å². The number of halogens is 1. The molecule has 2 heterocycles. The van der Waals surface area contributed by atoms with Crippen LogP contribution >= 0.6 is 15.9 Å². The monoisotopic (exact) mass is 266 g/mol. The van der Waals surface area contributed by atoms with Crippen molar-refractivity contribution in [3.05, 3.63) is 40.8 Å². The first-order valence-electron chi connectivity index (χ1n) is 4.66. The first-order valence-corrected chi connectivity index (χ1v) is 5.45. The number of nitrogens with two attached hydrogens (primary N) is 1. The van der Waals surface area contributed by atoms with Crippen LogP contribution in [0.25, 0.3) is 5.82 Å². The molecule has 0 saturated heterocycles. The summed E-state index contributed by atoms with van der Waals surface area (Å²) in [6.45, 7) is 0.612. The van der Waals surface area contributed by atoms with Gasteiger partial charge in [0.15, 0.2) is 5.82 Å². The van der Waals surface area contributed by atoms with Gasteiger partial charge in [0.05, 0.1) is 10.7 Å². The van der Waals surface area contributed by atoms with E-state index in [1.165, 1.54) is 0 Å². The predicted octanol–water partition coefficient (Wildman–Crippen LogP) is 1.53. The van der Waals surface area contributed by atoms with Crippen molar-refractivity contribution in [2.24, 2.45) is 5.73 Å². The van der Waals surface area contributed by atoms with Crippen molar-refractivity contribution in [2.75, 3.05) is 6.54 Å². The average Bonchev–Trinajstić information content (AvgIpc) is 2.66. The molecule has 0 aliphatic carbocycles. The summed E-state index contributed by atoms with van der Waals surface area (Å²) < 4.78 is 2.68. The van der Waals surface area contributed by atoms with Crippen molar-refractivity contribution < 1.29 is 0 Å². The fourth-order valence-electron chi connectivity index (χ4n) is 1.40. The first kappa shape index (κ1) is 10.3. The quantitative estimate of drug-likeness (QED) is 0.917. The second-order valence-corrected chi connectivity index (χ2v) is 4.04. The van der Waals surface area contributed by atoms with Gasteiger partial charge in [-0.3, -0.25) is 0 Å². The summed E-state index contributed by atoms with van der Waals surface area (Å²) in [7, 11) is 0. The fraction of sp³-hybridized carbons (Fsp3) is 0.200. The lowest BCUT2D eigenvalue weighted by atomic mass is 10.2. The molecule has 0 bridgehead atoms. The molecular formula is C10H11BrN4. The minimum atomic E-state index is 0.612. The molecule has 0 atom stereocenters. The van der Waals surface area contributed by atoms with Crippen molar-refractivity contribution in [3.63, 3.8) is 0 Å². The van der Waals surface area contributed by atoms with E-state index >= 15 is 0 Å². The summed E-state index contributed by atoms with van der Waals surface area (Å²) in [6.07, 6.45) is 6.18. The second kappa shape index (κ2) is 4.55. The van der Waals surface area contributed by atoms with Crippen molar-refractivity contribution in [1.29, 1.82) is 0 Å². The van der Waals surface area contributed by atoms with Crippen LogP contribution in [0.2, 0.25) is 0 Å².